The van der Waals surface area contributed by atoms with Gasteiger partial charge in [-0.3, -0.25) is 9.48 Å². The van der Waals surface area contributed by atoms with Gasteiger partial charge < -0.3 is 10.1 Å². The van der Waals surface area contributed by atoms with E-state index in [9.17, 15) is 18.0 Å². The molecule has 0 spiro atoms. The molecule has 3 rings (SSSR count). The minimum absolute atomic E-state index is 0.0577. The van der Waals surface area contributed by atoms with Gasteiger partial charge in [0.05, 0.1) is 23.1 Å². The van der Waals surface area contributed by atoms with Crippen LogP contribution in [0, 0.1) is 6.92 Å². The number of rotatable bonds is 4. The van der Waals surface area contributed by atoms with Crippen molar-refractivity contribution in [1.29, 1.82) is 0 Å². The van der Waals surface area contributed by atoms with Crippen LogP contribution in [0.2, 0.25) is 5.02 Å². The van der Waals surface area contributed by atoms with E-state index in [2.05, 4.69) is 25.1 Å². The number of pyridine rings is 2. The minimum atomic E-state index is -4.52. The number of carbonyl (C=O) groups excluding carboxylic acids is 1. The second-order valence-corrected chi connectivity index (χ2v) is 6.08. The number of nitrogens with zero attached hydrogens (tertiary/aromatic N) is 4. The fourth-order valence-electron chi connectivity index (χ4n) is 2.39. The number of carbonyl (C=O) groups is 1. The first-order valence-corrected chi connectivity index (χ1v) is 7.97. The van der Waals surface area contributed by atoms with Crippen molar-refractivity contribution in [2.24, 2.45) is 7.05 Å². The molecule has 0 bridgehead atoms. The van der Waals surface area contributed by atoms with Crippen LogP contribution in [0.3, 0.4) is 0 Å². The van der Waals surface area contributed by atoms with Gasteiger partial charge >= 0.3 is 6.18 Å². The fourth-order valence-corrected chi connectivity index (χ4v) is 2.61. The smallest absolute Gasteiger partial charge is 0.422 e. The lowest BCUT2D eigenvalue weighted by Gasteiger charge is -2.10. The van der Waals surface area contributed by atoms with Crippen molar-refractivity contribution in [2.75, 3.05) is 11.9 Å². The van der Waals surface area contributed by atoms with Crippen molar-refractivity contribution in [3.05, 3.63) is 40.8 Å². The van der Waals surface area contributed by atoms with Crippen molar-refractivity contribution in [2.45, 2.75) is 13.1 Å². The summed E-state index contributed by atoms with van der Waals surface area (Å²) >= 11 is 5.85. The molecule has 0 fully saturated rings. The van der Waals surface area contributed by atoms with Gasteiger partial charge in [-0.2, -0.15) is 18.3 Å². The van der Waals surface area contributed by atoms with Gasteiger partial charge in [0, 0.05) is 18.6 Å². The molecule has 0 aromatic carbocycles. The monoisotopic (exact) mass is 399 g/mol. The van der Waals surface area contributed by atoms with Crippen molar-refractivity contribution in [3.8, 4) is 5.88 Å². The van der Waals surface area contributed by atoms with Gasteiger partial charge in [-0.05, 0) is 19.1 Å². The molecule has 142 valence electrons. The van der Waals surface area contributed by atoms with Crippen LogP contribution in [-0.4, -0.2) is 38.4 Å². The third-order valence-electron chi connectivity index (χ3n) is 3.56. The summed E-state index contributed by atoms with van der Waals surface area (Å²) in [6, 6.07) is 2.90. The lowest BCUT2D eigenvalue weighted by molar-refractivity contribution is -0.154. The Morgan fingerprint density at radius 2 is 2.04 bits per heavy atom. The molecule has 0 aliphatic carbocycles. The average molecular weight is 400 g/mol. The van der Waals surface area contributed by atoms with Gasteiger partial charge in [0.2, 0.25) is 5.88 Å². The number of alkyl halides is 3. The standard InChI is InChI=1S/C16H13ClF3N5O2/c1-8-11-4-10(6-21-13(11)25(2)24-8)23-14(26)9-3-12(17)15(22-5-9)27-7-16(18,19)20/h3-6H,7H2,1-2H3,(H,23,26). The van der Waals surface area contributed by atoms with E-state index in [0.29, 0.717) is 11.3 Å². The number of amides is 1. The SMILES string of the molecule is Cc1nn(C)c2ncc(NC(=O)c3cnc(OCC(F)(F)F)c(Cl)c3)cc12. The number of ether oxygens (including phenoxy) is 1. The van der Waals surface area contributed by atoms with Gasteiger partial charge in [-0.1, -0.05) is 11.6 Å². The zero-order valence-electron chi connectivity index (χ0n) is 14.1. The number of aryl methyl sites for hydroxylation is 2. The molecule has 0 atom stereocenters. The Labute approximate surface area is 156 Å². The van der Waals surface area contributed by atoms with E-state index in [1.165, 1.54) is 12.3 Å². The van der Waals surface area contributed by atoms with Crippen LogP contribution in [0.15, 0.2) is 24.5 Å². The first-order chi connectivity index (χ1) is 12.6. The maximum absolute atomic E-state index is 12.3. The number of fused-ring (bicyclic) bond motifs is 1. The van der Waals surface area contributed by atoms with Crippen LogP contribution in [0.5, 0.6) is 5.88 Å². The molecule has 0 radical (unpaired) electrons. The summed E-state index contributed by atoms with van der Waals surface area (Å²) in [4.78, 5) is 20.3. The van der Waals surface area contributed by atoms with Crippen LogP contribution in [-0.2, 0) is 7.05 Å². The normalized spacial score (nSPS) is 11.6. The summed E-state index contributed by atoms with van der Waals surface area (Å²) in [6.45, 7) is 0.292. The molecule has 0 aliphatic heterocycles. The zero-order valence-corrected chi connectivity index (χ0v) is 14.9. The summed E-state index contributed by atoms with van der Waals surface area (Å²) < 4.78 is 42.7. The largest absolute Gasteiger partial charge is 0.467 e. The maximum atomic E-state index is 12.3. The molecule has 0 aliphatic rings. The van der Waals surface area contributed by atoms with Crippen LogP contribution in [0.1, 0.15) is 16.1 Å². The third-order valence-corrected chi connectivity index (χ3v) is 3.83. The number of halogens is 4. The van der Waals surface area contributed by atoms with Crippen LogP contribution < -0.4 is 10.1 Å². The predicted molar refractivity (Wildman–Crippen MR) is 92.0 cm³/mol. The highest BCUT2D eigenvalue weighted by Crippen LogP contribution is 2.26. The highest BCUT2D eigenvalue weighted by atomic mass is 35.5. The van der Waals surface area contributed by atoms with Crippen molar-refractivity contribution in [1.82, 2.24) is 19.7 Å². The molecule has 11 heteroatoms. The zero-order chi connectivity index (χ0) is 19.8. The molecule has 27 heavy (non-hydrogen) atoms. The highest BCUT2D eigenvalue weighted by Gasteiger charge is 2.29. The maximum Gasteiger partial charge on any atom is 0.422 e. The van der Waals surface area contributed by atoms with E-state index in [1.807, 2.05) is 6.92 Å². The second kappa shape index (κ2) is 7.03. The molecule has 3 aromatic heterocycles. The first kappa shape index (κ1) is 18.9. The molecular formula is C16H13ClF3N5O2. The minimum Gasteiger partial charge on any atom is -0.467 e. The van der Waals surface area contributed by atoms with Gasteiger partial charge in [0.15, 0.2) is 12.3 Å². The second-order valence-electron chi connectivity index (χ2n) is 5.67. The number of anilines is 1. The van der Waals surface area contributed by atoms with Gasteiger partial charge in [-0.25, -0.2) is 9.97 Å². The Morgan fingerprint density at radius 1 is 1.30 bits per heavy atom. The molecular weight excluding hydrogens is 387 g/mol. The highest BCUT2D eigenvalue weighted by molar-refractivity contribution is 6.32. The molecule has 0 saturated heterocycles. The third kappa shape index (κ3) is 4.27. The van der Waals surface area contributed by atoms with Gasteiger partial charge in [0.25, 0.3) is 5.91 Å². The molecule has 3 aromatic rings. The summed E-state index contributed by atoms with van der Waals surface area (Å²) in [6.07, 6.45) is -1.97. The number of hydrogen-bond acceptors (Lipinski definition) is 5. The molecule has 3 heterocycles. The Hall–Kier alpha value is -2.88. The fraction of sp³-hybridized carbons (Fsp3) is 0.250. The summed E-state index contributed by atoms with van der Waals surface area (Å²) in [5.41, 5.74) is 1.91. The molecule has 1 amide bonds. The molecule has 0 saturated carbocycles. The summed E-state index contributed by atoms with van der Waals surface area (Å²) in [7, 11) is 1.76. The van der Waals surface area contributed by atoms with Crippen molar-refractivity contribution >= 4 is 34.2 Å². The molecule has 0 unspecified atom stereocenters. The average Bonchev–Trinajstić information content (AvgIpc) is 2.87. The first-order valence-electron chi connectivity index (χ1n) is 7.60. The van der Waals surface area contributed by atoms with Gasteiger partial charge in [-0.15, -0.1) is 0 Å². The Morgan fingerprint density at radius 3 is 2.70 bits per heavy atom. The van der Waals surface area contributed by atoms with E-state index >= 15 is 0 Å². The molecule has 1 N–H and O–H groups in total. The number of hydrogen-bond donors (Lipinski definition) is 1. The van der Waals surface area contributed by atoms with E-state index < -0.39 is 24.6 Å². The Bertz CT molecular complexity index is 1020. The Kier molecular flexibility index (Phi) is 4.92. The van der Waals surface area contributed by atoms with E-state index in [0.717, 1.165) is 17.3 Å². The molecule has 7 nitrogen and oxygen atoms in total. The lowest BCUT2D eigenvalue weighted by atomic mass is 10.2. The lowest BCUT2D eigenvalue weighted by Crippen LogP contribution is -2.20. The topological polar surface area (TPSA) is 81.9 Å². The predicted octanol–water partition coefficient (Wildman–Crippen LogP) is 3.52. The quantitative estimate of drug-likeness (QED) is 0.726. The van der Waals surface area contributed by atoms with Crippen molar-refractivity contribution in [3.63, 3.8) is 0 Å². The number of aromatic nitrogens is 4. The van der Waals surface area contributed by atoms with Gasteiger partial charge in [0.1, 0.15) is 5.02 Å². The van der Waals surface area contributed by atoms with Crippen molar-refractivity contribution < 1.29 is 22.7 Å². The van der Waals surface area contributed by atoms with E-state index in [4.69, 9.17) is 11.6 Å². The summed E-state index contributed by atoms with van der Waals surface area (Å²) in [5.74, 6) is -0.950. The van der Waals surface area contributed by atoms with E-state index in [-0.39, 0.29) is 10.6 Å². The summed E-state index contributed by atoms with van der Waals surface area (Å²) in [5, 5.41) is 7.45. The van der Waals surface area contributed by atoms with E-state index in [1.54, 1.807) is 17.8 Å². The van der Waals surface area contributed by atoms with Crippen LogP contribution in [0.4, 0.5) is 18.9 Å². The Balaban J connectivity index is 1.76. The van der Waals surface area contributed by atoms with Crippen LogP contribution >= 0.6 is 11.6 Å². The number of nitrogens with one attached hydrogen (secondary N) is 1. The van der Waals surface area contributed by atoms with Crippen LogP contribution in [0.25, 0.3) is 11.0 Å².